The van der Waals surface area contributed by atoms with Crippen molar-refractivity contribution in [1.29, 1.82) is 0 Å². The van der Waals surface area contributed by atoms with E-state index in [1.54, 1.807) is 0 Å². The van der Waals surface area contributed by atoms with E-state index in [1.807, 2.05) is 32.6 Å². The van der Waals surface area contributed by atoms with Crippen LogP contribution < -0.4 is 5.32 Å². The van der Waals surface area contributed by atoms with Crippen molar-refractivity contribution >= 4 is 6.09 Å². The van der Waals surface area contributed by atoms with Gasteiger partial charge >= 0.3 is 6.09 Å². The lowest BCUT2D eigenvalue weighted by Crippen LogP contribution is -2.43. The molecule has 5 heteroatoms. The van der Waals surface area contributed by atoms with Crippen LogP contribution in [0, 0.1) is 5.92 Å². The maximum absolute atomic E-state index is 11.9. The van der Waals surface area contributed by atoms with Gasteiger partial charge in [0.15, 0.2) is 0 Å². The quantitative estimate of drug-likeness (QED) is 0.761. The van der Waals surface area contributed by atoms with Crippen molar-refractivity contribution in [2.24, 2.45) is 5.92 Å². The van der Waals surface area contributed by atoms with E-state index in [-0.39, 0.29) is 6.09 Å². The van der Waals surface area contributed by atoms with Crippen molar-refractivity contribution in [3.8, 4) is 0 Å². The summed E-state index contributed by atoms with van der Waals surface area (Å²) in [5.74, 6) is 0.648. The van der Waals surface area contributed by atoms with Crippen LogP contribution >= 0.6 is 0 Å². The first-order chi connectivity index (χ1) is 9.42. The second-order valence-corrected chi connectivity index (χ2v) is 6.31. The van der Waals surface area contributed by atoms with Crippen molar-refractivity contribution < 1.29 is 14.3 Å². The standard InChI is InChI=1S/C15H30N2O3/c1-5-19-11-8-16-12-13-6-9-17(10-7-13)14(18)20-15(2,3)4/h13,16H,5-12H2,1-4H3. The van der Waals surface area contributed by atoms with Gasteiger partial charge in [-0.05, 0) is 53.0 Å². The van der Waals surface area contributed by atoms with Crippen molar-refractivity contribution in [2.45, 2.75) is 46.1 Å². The van der Waals surface area contributed by atoms with Gasteiger partial charge in [0.1, 0.15) is 5.60 Å². The number of piperidine rings is 1. The minimum Gasteiger partial charge on any atom is -0.444 e. The first-order valence-corrected chi connectivity index (χ1v) is 7.68. The fraction of sp³-hybridized carbons (Fsp3) is 0.933. The number of nitrogens with zero attached hydrogens (tertiary/aromatic N) is 1. The monoisotopic (exact) mass is 286 g/mol. The third-order valence-corrected chi connectivity index (χ3v) is 3.33. The second-order valence-electron chi connectivity index (χ2n) is 6.31. The number of amides is 1. The van der Waals surface area contributed by atoms with Gasteiger partial charge in [0.25, 0.3) is 0 Å². The molecule has 0 aromatic rings. The molecule has 118 valence electrons. The molecular weight excluding hydrogens is 256 g/mol. The number of hydrogen-bond donors (Lipinski definition) is 1. The van der Waals surface area contributed by atoms with Crippen molar-refractivity contribution in [3.05, 3.63) is 0 Å². The highest BCUT2D eigenvalue weighted by atomic mass is 16.6. The normalized spacial score (nSPS) is 17.3. The number of nitrogens with one attached hydrogen (secondary N) is 1. The summed E-state index contributed by atoms with van der Waals surface area (Å²) in [6, 6.07) is 0. The van der Waals surface area contributed by atoms with Crippen LogP contribution in [0.5, 0.6) is 0 Å². The number of likely N-dealkylation sites (tertiary alicyclic amines) is 1. The Morgan fingerprint density at radius 2 is 1.95 bits per heavy atom. The number of rotatable bonds is 6. The Balaban J connectivity index is 2.15. The van der Waals surface area contributed by atoms with Crippen LogP contribution in [0.3, 0.4) is 0 Å². The first kappa shape index (κ1) is 17.2. The summed E-state index contributed by atoms with van der Waals surface area (Å²) >= 11 is 0. The summed E-state index contributed by atoms with van der Waals surface area (Å²) in [5, 5.41) is 3.41. The van der Waals surface area contributed by atoms with E-state index in [1.165, 1.54) is 0 Å². The van der Waals surface area contributed by atoms with Gasteiger partial charge in [-0.2, -0.15) is 0 Å². The number of ether oxygens (including phenoxy) is 2. The zero-order valence-electron chi connectivity index (χ0n) is 13.4. The molecule has 0 unspecified atom stereocenters. The van der Waals surface area contributed by atoms with Crippen LogP contribution in [0.15, 0.2) is 0 Å². The van der Waals surface area contributed by atoms with Gasteiger partial charge in [0.2, 0.25) is 0 Å². The molecule has 1 aliphatic heterocycles. The maximum Gasteiger partial charge on any atom is 0.410 e. The summed E-state index contributed by atoms with van der Waals surface area (Å²) in [7, 11) is 0. The van der Waals surface area contributed by atoms with E-state index in [0.29, 0.717) is 5.92 Å². The predicted molar refractivity (Wildman–Crippen MR) is 79.9 cm³/mol. The van der Waals surface area contributed by atoms with E-state index >= 15 is 0 Å². The van der Waals surface area contributed by atoms with Crippen LogP contribution in [0.4, 0.5) is 4.79 Å². The SMILES string of the molecule is CCOCCNCC1CCN(C(=O)OC(C)(C)C)CC1. The molecule has 1 fully saturated rings. The molecule has 5 nitrogen and oxygen atoms in total. The molecule has 1 amide bonds. The highest BCUT2D eigenvalue weighted by molar-refractivity contribution is 5.68. The van der Waals surface area contributed by atoms with E-state index in [2.05, 4.69) is 5.32 Å². The zero-order chi connectivity index (χ0) is 15.0. The van der Waals surface area contributed by atoms with Crippen LogP contribution in [-0.4, -0.2) is 56.0 Å². The summed E-state index contributed by atoms with van der Waals surface area (Å²) in [6.45, 7) is 12.8. The van der Waals surface area contributed by atoms with Gasteiger partial charge in [-0.25, -0.2) is 4.79 Å². The molecule has 1 heterocycles. The molecule has 0 radical (unpaired) electrons. The van der Waals surface area contributed by atoms with Crippen LogP contribution in [0.25, 0.3) is 0 Å². The minimum absolute atomic E-state index is 0.180. The second kappa shape index (κ2) is 8.47. The summed E-state index contributed by atoms with van der Waals surface area (Å²) in [6.07, 6.45) is 1.90. The van der Waals surface area contributed by atoms with Gasteiger partial charge in [-0.15, -0.1) is 0 Å². The largest absolute Gasteiger partial charge is 0.444 e. The number of carbonyl (C=O) groups excluding carboxylic acids is 1. The van der Waals surface area contributed by atoms with Crippen LogP contribution in [-0.2, 0) is 9.47 Å². The molecule has 0 aliphatic carbocycles. The number of hydrogen-bond acceptors (Lipinski definition) is 4. The highest BCUT2D eigenvalue weighted by Gasteiger charge is 2.26. The molecular formula is C15H30N2O3. The summed E-state index contributed by atoms with van der Waals surface area (Å²) < 4.78 is 10.7. The summed E-state index contributed by atoms with van der Waals surface area (Å²) in [5.41, 5.74) is -0.408. The molecule has 20 heavy (non-hydrogen) atoms. The average Bonchev–Trinajstić information content (AvgIpc) is 2.37. The van der Waals surface area contributed by atoms with Crippen LogP contribution in [0.1, 0.15) is 40.5 Å². The Labute approximate surface area is 123 Å². The first-order valence-electron chi connectivity index (χ1n) is 7.68. The topological polar surface area (TPSA) is 50.8 Å². The molecule has 1 saturated heterocycles. The van der Waals surface area contributed by atoms with Crippen molar-refractivity contribution in [3.63, 3.8) is 0 Å². The van der Waals surface area contributed by atoms with E-state index in [9.17, 15) is 4.79 Å². The summed E-state index contributed by atoms with van der Waals surface area (Å²) in [4.78, 5) is 13.7. The van der Waals surface area contributed by atoms with E-state index in [0.717, 1.165) is 52.2 Å². The minimum atomic E-state index is -0.408. The Hall–Kier alpha value is -0.810. The highest BCUT2D eigenvalue weighted by Crippen LogP contribution is 2.19. The molecule has 1 aliphatic rings. The smallest absolute Gasteiger partial charge is 0.410 e. The molecule has 0 aromatic heterocycles. The molecule has 1 rings (SSSR count). The number of carbonyl (C=O) groups is 1. The molecule has 0 spiro atoms. The van der Waals surface area contributed by atoms with Crippen molar-refractivity contribution in [1.82, 2.24) is 10.2 Å². The Bertz CT molecular complexity index is 281. The third kappa shape index (κ3) is 7.10. The zero-order valence-corrected chi connectivity index (χ0v) is 13.4. The fourth-order valence-corrected chi connectivity index (χ4v) is 2.24. The van der Waals surface area contributed by atoms with Gasteiger partial charge < -0.3 is 19.7 Å². The molecule has 1 N–H and O–H groups in total. The predicted octanol–water partition coefficient (Wildman–Crippen LogP) is 2.26. The third-order valence-electron chi connectivity index (χ3n) is 3.33. The van der Waals surface area contributed by atoms with Gasteiger partial charge in [-0.3, -0.25) is 0 Å². The lowest BCUT2D eigenvalue weighted by atomic mass is 9.97. The van der Waals surface area contributed by atoms with E-state index < -0.39 is 5.60 Å². The maximum atomic E-state index is 11.9. The molecule has 0 saturated carbocycles. The Morgan fingerprint density at radius 3 is 2.50 bits per heavy atom. The lowest BCUT2D eigenvalue weighted by molar-refractivity contribution is 0.0184. The van der Waals surface area contributed by atoms with E-state index in [4.69, 9.17) is 9.47 Å². The van der Waals surface area contributed by atoms with Crippen molar-refractivity contribution in [2.75, 3.05) is 39.4 Å². The Kier molecular flexibility index (Phi) is 7.30. The fourth-order valence-electron chi connectivity index (χ4n) is 2.24. The van der Waals surface area contributed by atoms with Crippen LogP contribution in [0.2, 0.25) is 0 Å². The Morgan fingerprint density at radius 1 is 1.30 bits per heavy atom. The molecule has 0 bridgehead atoms. The van der Waals surface area contributed by atoms with Gasteiger partial charge in [0.05, 0.1) is 6.61 Å². The molecule has 0 aromatic carbocycles. The average molecular weight is 286 g/mol. The lowest BCUT2D eigenvalue weighted by Gasteiger charge is -2.33. The van der Waals surface area contributed by atoms with Gasteiger partial charge in [0, 0.05) is 26.2 Å². The van der Waals surface area contributed by atoms with Gasteiger partial charge in [-0.1, -0.05) is 0 Å². The molecule has 0 atom stereocenters.